The summed E-state index contributed by atoms with van der Waals surface area (Å²) < 4.78 is 6.40. The molecular weight excluding hydrogens is 270 g/mol. The first-order valence-corrected chi connectivity index (χ1v) is 5.48. The van der Waals surface area contributed by atoms with Crippen molar-refractivity contribution in [2.45, 2.75) is 6.61 Å². The van der Waals surface area contributed by atoms with E-state index in [1.807, 2.05) is 18.2 Å². The lowest BCUT2D eigenvalue weighted by Crippen LogP contribution is -2.00. The van der Waals surface area contributed by atoms with Gasteiger partial charge in [0.25, 0.3) is 0 Å². The van der Waals surface area contributed by atoms with E-state index in [9.17, 15) is 0 Å². The van der Waals surface area contributed by atoms with Gasteiger partial charge in [0, 0.05) is 10.7 Å². The lowest BCUT2D eigenvalue weighted by molar-refractivity contribution is 0.300. The summed E-state index contributed by atoms with van der Waals surface area (Å²) in [6.45, 7) is 0.378. The quantitative estimate of drug-likeness (QED) is 0.937. The van der Waals surface area contributed by atoms with Gasteiger partial charge in [0.05, 0.1) is 11.9 Å². The molecule has 0 fully saturated rings. The van der Waals surface area contributed by atoms with Crippen LogP contribution in [-0.4, -0.2) is 9.97 Å². The summed E-state index contributed by atoms with van der Waals surface area (Å²) in [6.07, 6.45) is 3.35. The molecule has 0 bridgehead atoms. The van der Waals surface area contributed by atoms with Crippen LogP contribution in [0.3, 0.4) is 0 Å². The van der Waals surface area contributed by atoms with Gasteiger partial charge in [-0.25, -0.2) is 4.98 Å². The Labute approximate surface area is 102 Å². The number of anilines is 1. The summed E-state index contributed by atoms with van der Waals surface area (Å²) in [7, 11) is 0. The number of hydrogen-bond acceptors (Lipinski definition) is 4. The third-order valence-corrected chi connectivity index (χ3v) is 2.33. The minimum Gasteiger partial charge on any atom is -0.486 e. The zero-order chi connectivity index (χ0) is 11.4. The minimum absolute atomic E-state index is 0.378. The van der Waals surface area contributed by atoms with Crippen LogP contribution in [0, 0.1) is 0 Å². The highest BCUT2D eigenvalue weighted by molar-refractivity contribution is 9.10. The molecule has 0 unspecified atom stereocenters. The number of nitrogens with two attached hydrogens (primary N) is 1. The molecule has 0 amide bonds. The van der Waals surface area contributed by atoms with E-state index < -0.39 is 0 Å². The van der Waals surface area contributed by atoms with Crippen LogP contribution in [0.4, 0.5) is 5.82 Å². The van der Waals surface area contributed by atoms with E-state index >= 15 is 0 Å². The molecule has 0 aliphatic rings. The van der Waals surface area contributed by atoms with Gasteiger partial charge in [-0.2, -0.15) is 0 Å². The standard InChI is InChI=1S/C11H10BrN3O/c12-8-4-10(6-14-5-8)16-7-9-2-1-3-11(13)15-9/h1-6H,7H2,(H2,13,15). The number of rotatable bonds is 3. The molecule has 0 radical (unpaired) electrons. The molecule has 4 nitrogen and oxygen atoms in total. The van der Waals surface area contributed by atoms with Crippen LogP contribution in [0.5, 0.6) is 5.75 Å². The minimum atomic E-state index is 0.378. The molecule has 0 aliphatic carbocycles. The summed E-state index contributed by atoms with van der Waals surface area (Å²) in [6, 6.07) is 7.30. The van der Waals surface area contributed by atoms with Gasteiger partial charge in [-0.1, -0.05) is 6.07 Å². The zero-order valence-electron chi connectivity index (χ0n) is 8.43. The lowest BCUT2D eigenvalue weighted by Gasteiger charge is -2.05. The molecule has 2 aromatic rings. The number of pyridine rings is 2. The molecule has 2 rings (SSSR count). The molecule has 5 heteroatoms. The largest absolute Gasteiger partial charge is 0.486 e. The average Bonchev–Trinajstić information content (AvgIpc) is 2.27. The van der Waals surface area contributed by atoms with Crippen LogP contribution in [0.25, 0.3) is 0 Å². The van der Waals surface area contributed by atoms with Crippen molar-refractivity contribution in [1.29, 1.82) is 0 Å². The Morgan fingerprint density at radius 2 is 2.19 bits per heavy atom. The average molecular weight is 280 g/mol. The van der Waals surface area contributed by atoms with Crippen molar-refractivity contribution < 1.29 is 4.74 Å². The van der Waals surface area contributed by atoms with Crippen molar-refractivity contribution in [3.05, 3.63) is 46.8 Å². The number of nitrogens with zero attached hydrogens (tertiary/aromatic N) is 2. The van der Waals surface area contributed by atoms with Gasteiger partial charge in [-0.3, -0.25) is 4.98 Å². The molecule has 2 aromatic heterocycles. The molecule has 0 aromatic carbocycles. The van der Waals surface area contributed by atoms with Gasteiger partial charge >= 0.3 is 0 Å². The first-order valence-electron chi connectivity index (χ1n) is 4.69. The molecule has 0 saturated carbocycles. The Bertz CT molecular complexity index is 445. The second kappa shape index (κ2) is 4.94. The monoisotopic (exact) mass is 279 g/mol. The van der Waals surface area contributed by atoms with Gasteiger partial charge in [0.15, 0.2) is 0 Å². The number of halogens is 1. The fraction of sp³-hybridized carbons (Fsp3) is 0.0909. The van der Waals surface area contributed by atoms with Crippen LogP contribution in [-0.2, 0) is 6.61 Å². The predicted octanol–water partition coefficient (Wildman–Crippen LogP) is 2.40. The van der Waals surface area contributed by atoms with Crippen molar-refractivity contribution >= 4 is 21.7 Å². The highest BCUT2D eigenvalue weighted by atomic mass is 79.9. The highest BCUT2D eigenvalue weighted by Crippen LogP contribution is 2.16. The summed E-state index contributed by atoms with van der Waals surface area (Å²) in [5.74, 6) is 1.19. The molecule has 82 valence electrons. The normalized spacial score (nSPS) is 10.1. The first-order chi connectivity index (χ1) is 7.74. The maximum absolute atomic E-state index is 5.57. The maximum Gasteiger partial charge on any atom is 0.139 e. The number of aromatic nitrogens is 2. The summed E-state index contributed by atoms with van der Waals surface area (Å²) in [5.41, 5.74) is 6.36. The Hall–Kier alpha value is -1.62. The van der Waals surface area contributed by atoms with Gasteiger partial charge in [0.2, 0.25) is 0 Å². The van der Waals surface area contributed by atoms with E-state index in [1.165, 1.54) is 0 Å². The Kier molecular flexibility index (Phi) is 3.36. The molecule has 2 N–H and O–H groups in total. The van der Waals surface area contributed by atoms with Gasteiger partial charge in [0.1, 0.15) is 18.2 Å². The predicted molar refractivity (Wildman–Crippen MR) is 64.9 cm³/mol. The van der Waals surface area contributed by atoms with Crippen LogP contribution >= 0.6 is 15.9 Å². The summed E-state index contributed by atoms with van der Waals surface area (Å²) in [5, 5.41) is 0. The van der Waals surface area contributed by atoms with Crippen LogP contribution in [0.15, 0.2) is 41.1 Å². The van der Waals surface area contributed by atoms with E-state index in [1.54, 1.807) is 18.5 Å². The van der Waals surface area contributed by atoms with E-state index in [4.69, 9.17) is 10.5 Å². The second-order valence-electron chi connectivity index (χ2n) is 3.18. The molecule has 0 saturated heterocycles. The summed E-state index contributed by atoms with van der Waals surface area (Å²) >= 11 is 3.32. The molecule has 16 heavy (non-hydrogen) atoms. The SMILES string of the molecule is Nc1cccc(COc2cncc(Br)c2)n1. The second-order valence-corrected chi connectivity index (χ2v) is 4.10. The third kappa shape index (κ3) is 2.93. The van der Waals surface area contributed by atoms with Gasteiger partial charge in [-0.15, -0.1) is 0 Å². The fourth-order valence-electron chi connectivity index (χ4n) is 1.21. The lowest BCUT2D eigenvalue weighted by atomic mass is 10.3. The third-order valence-electron chi connectivity index (χ3n) is 1.89. The number of ether oxygens (including phenoxy) is 1. The van der Waals surface area contributed by atoms with Crippen LogP contribution in [0.2, 0.25) is 0 Å². The van der Waals surface area contributed by atoms with Crippen molar-refractivity contribution in [3.8, 4) is 5.75 Å². The van der Waals surface area contributed by atoms with Crippen LogP contribution in [0.1, 0.15) is 5.69 Å². The smallest absolute Gasteiger partial charge is 0.139 e. The molecule has 0 aliphatic heterocycles. The van der Waals surface area contributed by atoms with Crippen LogP contribution < -0.4 is 10.5 Å². The Morgan fingerprint density at radius 1 is 1.31 bits per heavy atom. The van der Waals surface area contributed by atoms with E-state index in [0.29, 0.717) is 18.2 Å². The van der Waals surface area contributed by atoms with E-state index in [-0.39, 0.29) is 0 Å². The van der Waals surface area contributed by atoms with Crippen molar-refractivity contribution in [2.24, 2.45) is 0 Å². The Morgan fingerprint density at radius 3 is 2.94 bits per heavy atom. The highest BCUT2D eigenvalue weighted by Gasteiger charge is 1.98. The van der Waals surface area contributed by atoms with E-state index in [0.717, 1.165) is 10.2 Å². The molecule has 0 spiro atoms. The number of nitrogen functional groups attached to an aromatic ring is 1. The number of hydrogen-bond donors (Lipinski definition) is 1. The zero-order valence-corrected chi connectivity index (χ0v) is 10.0. The van der Waals surface area contributed by atoms with Crippen molar-refractivity contribution in [2.75, 3.05) is 5.73 Å². The topological polar surface area (TPSA) is 61.0 Å². The van der Waals surface area contributed by atoms with Crippen molar-refractivity contribution in [1.82, 2.24) is 9.97 Å². The molecule has 0 atom stereocenters. The molecular formula is C11H10BrN3O. The van der Waals surface area contributed by atoms with E-state index in [2.05, 4.69) is 25.9 Å². The van der Waals surface area contributed by atoms with Crippen molar-refractivity contribution in [3.63, 3.8) is 0 Å². The summed E-state index contributed by atoms with van der Waals surface area (Å²) in [4.78, 5) is 8.13. The maximum atomic E-state index is 5.57. The van der Waals surface area contributed by atoms with Gasteiger partial charge < -0.3 is 10.5 Å². The van der Waals surface area contributed by atoms with Gasteiger partial charge in [-0.05, 0) is 34.1 Å². The molecule has 2 heterocycles. The Balaban J connectivity index is 2.02. The first kappa shape index (κ1) is 10.9. The fourth-order valence-corrected chi connectivity index (χ4v) is 1.55.